The van der Waals surface area contributed by atoms with Crippen molar-refractivity contribution in [2.24, 2.45) is 0 Å². The molecule has 0 spiro atoms. The van der Waals surface area contributed by atoms with E-state index in [9.17, 15) is 18.0 Å². The van der Waals surface area contributed by atoms with Crippen LogP contribution in [-0.4, -0.2) is 57.0 Å². The molecule has 0 unspecified atom stereocenters. The van der Waals surface area contributed by atoms with Crippen LogP contribution in [0.4, 0.5) is 5.69 Å². The fraction of sp³-hybridized carbons (Fsp3) is 0.394. The van der Waals surface area contributed by atoms with Gasteiger partial charge in [0.05, 0.1) is 10.6 Å². The average molecular weight is 675 g/mol. The number of hydrogen-bond donors (Lipinski definition) is 1. The zero-order valence-electron chi connectivity index (χ0n) is 25.1. The van der Waals surface area contributed by atoms with Crippen molar-refractivity contribution < 1.29 is 27.5 Å². The van der Waals surface area contributed by atoms with Gasteiger partial charge in [-0.05, 0) is 55.7 Å². The number of fused-ring (bicyclic) bond motifs is 1. The molecular weight excluding hydrogens is 637 g/mol. The van der Waals surface area contributed by atoms with E-state index < -0.39 is 28.5 Å². The summed E-state index contributed by atoms with van der Waals surface area (Å²) in [6, 6.07) is 16.8. The number of halogens is 2. The first-order valence-electron chi connectivity index (χ1n) is 15.2. The standard InChI is InChI=1S/C33H37Cl2N3O6S/c1-2-29(33(40)36-23-10-5-3-6-11-23)37(21-26-27(34)14-9-15-28(26)35)32(39)22-38(45(41,42)25-12-7-4-8-13-25)24-16-17-30-31(20-24)44-19-18-43-30/h4,7-9,12-17,20,23,29H,2-3,5-6,10-11,18-19,21-22H2,1H3,(H,36,40)/t29-/m0/s1. The van der Waals surface area contributed by atoms with Crippen molar-refractivity contribution in [1.82, 2.24) is 10.2 Å². The van der Waals surface area contributed by atoms with Gasteiger partial charge < -0.3 is 19.7 Å². The van der Waals surface area contributed by atoms with Gasteiger partial charge in [0.15, 0.2) is 11.5 Å². The molecule has 240 valence electrons. The van der Waals surface area contributed by atoms with Crippen molar-refractivity contribution in [3.63, 3.8) is 0 Å². The monoisotopic (exact) mass is 673 g/mol. The minimum absolute atomic E-state index is 0.00969. The molecule has 1 aliphatic heterocycles. The Hall–Kier alpha value is -3.47. The van der Waals surface area contributed by atoms with E-state index in [1.165, 1.54) is 17.0 Å². The van der Waals surface area contributed by atoms with E-state index >= 15 is 0 Å². The Morgan fingerprint density at radius 3 is 2.24 bits per heavy atom. The maximum atomic E-state index is 14.4. The molecule has 2 amide bonds. The molecular formula is C33H37Cl2N3O6S. The van der Waals surface area contributed by atoms with Crippen LogP contribution in [0, 0.1) is 0 Å². The maximum Gasteiger partial charge on any atom is 0.264 e. The van der Waals surface area contributed by atoms with Crippen LogP contribution >= 0.6 is 23.2 Å². The Bertz CT molecular complexity index is 1600. The second kappa shape index (κ2) is 14.7. The first-order chi connectivity index (χ1) is 21.7. The van der Waals surface area contributed by atoms with E-state index in [1.807, 2.05) is 6.92 Å². The topological polar surface area (TPSA) is 105 Å². The third kappa shape index (κ3) is 7.68. The largest absolute Gasteiger partial charge is 0.486 e. The van der Waals surface area contributed by atoms with Crippen LogP contribution in [-0.2, 0) is 26.2 Å². The number of carbonyl (C=O) groups excluding carboxylic acids is 2. The third-order valence-corrected chi connectivity index (χ3v) is 10.6. The normalized spacial score (nSPS) is 15.6. The Kier molecular flexibility index (Phi) is 10.8. The Balaban J connectivity index is 1.53. The zero-order valence-corrected chi connectivity index (χ0v) is 27.4. The smallest absolute Gasteiger partial charge is 0.264 e. The predicted molar refractivity (Wildman–Crippen MR) is 175 cm³/mol. The summed E-state index contributed by atoms with van der Waals surface area (Å²) in [5.74, 6) is -0.0324. The highest BCUT2D eigenvalue weighted by atomic mass is 35.5. The minimum atomic E-state index is -4.24. The Labute approximate surface area is 274 Å². The predicted octanol–water partition coefficient (Wildman–Crippen LogP) is 6.22. The molecule has 1 fully saturated rings. The summed E-state index contributed by atoms with van der Waals surface area (Å²) in [7, 11) is -4.24. The molecule has 0 radical (unpaired) electrons. The lowest BCUT2D eigenvalue weighted by Crippen LogP contribution is -2.54. The van der Waals surface area contributed by atoms with Crippen LogP contribution in [0.25, 0.3) is 0 Å². The third-order valence-electron chi connectivity index (χ3n) is 8.15. The first kappa shape index (κ1) is 32.9. The number of carbonyl (C=O) groups is 2. The summed E-state index contributed by atoms with van der Waals surface area (Å²) in [6.45, 7) is 1.82. The lowest BCUT2D eigenvalue weighted by Gasteiger charge is -2.35. The van der Waals surface area contributed by atoms with Crippen LogP contribution < -0.4 is 19.1 Å². The van der Waals surface area contributed by atoms with Gasteiger partial charge in [0, 0.05) is 34.3 Å². The highest BCUT2D eigenvalue weighted by Gasteiger charge is 2.35. The lowest BCUT2D eigenvalue weighted by molar-refractivity contribution is -0.140. The molecule has 0 saturated heterocycles. The highest BCUT2D eigenvalue weighted by Crippen LogP contribution is 2.36. The SMILES string of the molecule is CC[C@@H](C(=O)NC1CCCCC1)N(Cc1c(Cl)cccc1Cl)C(=O)CN(c1ccc2c(c1)OCCO2)S(=O)(=O)c1ccccc1. The number of nitrogens with one attached hydrogen (secondary N) is 1. The van der Waals surface area contributed by atoms with Gasteiger partial charge in [-0.3, -0.25) is 13.9 Å². The molecule has 1 aliphatic carbocycles. The number of hydrogen-bond acceptors (Lipinski definition) is 6. The number of benzene rings is 3. The fourth-order valence-corrected chi connectivity index (χ4v) is 7.70. The zero-order chi connectivity index (χ0) is 32.0. The van der Waals surface area contributed by atoms with Crippen molar-refractivity contribution in [2.75, 3.05) is 24.1 Å². The molecule has 45 heavy (non-hydrogen) atoms. The second-order valence-corrected chi connectivity index (χ2v) is 13.8. The summed E-state index contributed by atoms with van der Waals surface area (Å²) >= 11 is 13.1. The van der Waals surface area contributed by atoms with E-state index in [-0.39, 0.29) is 29.1 Å². The molecule has 2 aliphatic rings. The van der Waals surface area contributed by atoms with Gasteiger partial charge in [0.25, 0.3) is 10.0 Å². The molecule has 3 aromatic carbocycles. The molecule has 1 N–H and O–H groups in total. The summed E-state index contributed by atoms with van der Waals surface area (Å²) in [6.07, 6.45) is 5.23. The second-order valence-electron chi connectivity index (χ2n) is 11.1. The van der Waals surface area contributed by atoms with Crippen molar-refractivity contribution in [2.45, 2.75) is 69.0 Å². The molecule has 0 bridgehead atoms. The molecule has 1 saturated carbocycles. The number of amides is 2. The number of anilines is 1. The first-order valence-corrected chi connectivity index (χ1v) is 17.4. The van der Waals surface area contributed by atoms with Crippen molar-refractivity contribution in [3.8, 4) is 11.5 Å². The van der Waals surface area contributed by atoms with E-state index in [2.05, 4.69) is 5.32 Å². The molecule has 9 nitrogen and oxygen atoms in total. The van der Waals surface area contributed by atoms with Gasteiger partial charge in [0.1, 0.15) is 25.8 Å². The molecule has 1 atom stereocenters. The Morgan fingerprint density at radius 1 is 0.911 bits per heavy atom. The van der Waals surface area contributed by atoms with Gasteiger partial charge in [0.2, 0.25) is 11.8 Å². The maximum absolute atomic E-state index is 14.4. The molecule has 5 rings (SSSR count). The van der Waals surface area contributed by atoms with Crippen molar-refractivity contribution in [3.05, 3.63) is 82.3 Å². The van der Waals surface area contributed by atoms with Gasteiger partial charge in [-0.2, -0.15) is 0 Å². The molecule has 12 heteroatoms. The number of sulfonamides is 1. The molecule has 1 heterocycles. The van der Waals surface area contributed by atoms with Crippen LogP contribution in [0.15, 0.2) is 71.6 Å². The highest BCUT2D eigenvalue weighted by molar-refractivity contribution is 7.92. The number of rotatable bonds is 11. The number of ether oxygens (including phenoxy) is 2. The fourth-order valence-electron chi connectivity index (χ4n) is 5.75. The van der Waals surface area contributed by atoms with Crippen LogP contribution in [0.5, 0.6) is 11.5 Å². The van der Waals surface area contributed by atoms with Gasteiger partial charge in [-0.25, -0.2) is 8.42 Å². The number of nitrogens with zero attached hydrogens (tertiary/aromatic N) is 2. The van der Waals surface area contributed by atoms with Crippen molar-refractivity contribution in [1.29, 1.82) is 0 Å². The van der Waals surface area contributed by atoms with Gasteiger partial charge in [-0.1, -0.05) is 73.7 Å². The molecule has 0 aromatic heterocycles. The lowest BCUT2D eigenvalue weighted by atomic mass is 9.95. The van der Waals surface area contributed by atoms with E-state index in [0.717, 1.165) is 36.4 Å². The quantitative estimate of drug-likeness (QED) is 0.259. The van der Waals surface area contributed by atoms with Crippen LogP contribution in [0.1, 0.15) is 51.0 Å². The van der Waals surface area contributed by atoms with Crippen LogP contribution in [0.2, 0.25) is 10.0 Å². The summed E-state index contributed by atoms with van der Waals surface area (Å²) in [5.41, 5.74) is 0.682. The van der Waals surface area contributed by atoms with Gasteiger partial charge in [-0.15, -0.1) is 0 Å². The van der Waals surface area contributed by atoms with Gasteiger partial charge >= 0.3 is 0 Å². The van der Waals surface area contributed by atoms with E-state index in [1.54, 1.807) is 54.6 Å². The van der Waals surface area contributed by atoms with Crippen LogP contribution in [0.3, 0.4) is 0 Å². The van der Waals surface area contributed by atoms with Crippen molar-refractivity contribution >= 4 is 50.7 Å². The summed E-state index contributed by atoms with van der Waals surface area (Å²) in [4.78, 5) is 29.6. The minimum Gasteiger partial charge on any atom is -0.486 e. The van der Waals surface area contributed by atoms with E-state index in [4.69, 9.17) is 32.7 Å². The summed E-state index contributed by atoms with van der Waals surface area (Å²) < 4.78 is 40.6. The Morgan fingerprint density at radius 2 is 1.58 bits per heavy atom. The molecule has 3 aromatic rings. The average Bonchev–Trinajstić information content (AvgIpc) is 3.05. The summed E-state index contributed by atoms with van der Waals surface area (Å²) in [5, 5.41) is 3.81. The van der Waals surface area contributed by atoms with E-state index in [0.29, 0.717) is 46.7 Å².